The van der Waals surface area contributed by atoms with Crippen LogP contribution >= 0.6 is 0 Å². The van der Waals surface area contributed by atoms with Crippen LogP contribution in [0.2, 0.25) is 0 Å². The molecule has 4 amide bonds. The number of amides is 4. The van der Waals surface area contributed by atoms with Gasteiger partial charge in [0.25, 0.3) is 0 Å². The Kier molecular flexibility index (Phi) is 12.8. The van der Waals surface area contributed by atoms with Crippen molar-refractivity contribution in [1.29, 1.82) is 0 Å². The summed E-state index contributed by atoms with van der Waals surface area (Å²) in [6.07, 6.45) is 5.29. The van der Waals surface area contributed by atoms with Crippen molar-refractivity contribution in [2.45, 2.75) is 103 Å². The van der Waals surface area contributed by atoms with E-state index < -0.39 is 23.3 Å². The van der Waals surface area contributed by atoms with Crippen LogP contribution in [0, 0.1) is 0 Å². The Bertz CT molecular complexity index is 2140. The Morgan fingerprint density at radius 2 is 1.07 bits per heavy atom. The van der Waals surface area contributed by atoms with Gasteiger partial charge < -0.3 is 34.3 Å². The predicted octanol–water partition coefficient (Wildman–Crippen LogP) is 6.73. The molecule has 5 heterocycles. The van der Waals surface area contributed by atoms with Gasteiger partial charge in [-0.1, -0.05) is 12.1 Å². The fourth-order valence-corrected chi connectivity index (χ4v) is 7.74. The molecule has 7 rings (SSSR count). The quantitative estimate of drug-likeness (QED) is 0.138. The number of nitrogens with one attached hydrogen (secondary N) is 2. The molecule has 2 aromatic carbocycles. The van der Waals surface area contributed by atoms with E-state index in [0.717, 1.165) is 5.56 Å². The van der Waals surface area contributed by atoms with Crippen molar-refractivity contribution in [1.82, 2.24) is 24.8 Å². The number of pyridine rings is 2. The second-order valence-electron chi connectivity index (χ2n) is 17.5. The molecule has 14 nitrogen and oxygen atoms in total. The zero-order chi connectivity index (χ0) is 43.3. The summed E-state index contributed by atoms with van der Waals surface area (Å²) in [6.45, 7) is 12.4. The number of rotatable bonds is 12. The zero-order valence-electron chi connectivity index (χ0n) is 35.5. The lowest BCUT2D eigenvalue weighted by molar-refractivity contribution is -0.136. The smallest absolute Gasteiger partial charge is 0.247 e. The largest absolute Gasteiger partial charge is 0.436 e. The number of anilines is 2. The summed E-state index contributed by atoms with van der Waals surface area (Å²) in [4.78, 5) is 70.5. The molecule has 318 valence electrons. The van der Waals surface area contributed by atoms with E-state index in [9.17, 15) is 19.2 Å². The lowest BCUT2D eigenvalue weighted by atomic mass is 10.1. The second kappa shape index (κ2) is 18.2. The molecule has 3 aromatic heterocycles. The van der Waals surface area contributed by atoms with Gasteiger partial charge in [-0.3, -0.25) is 29.1 Å². The van der Waals surface area contributed by atoms with Crippen LogP contribution in [0.15, 0.2) is 108 Å². The Morgan fingerprint density at radius 3 is 1.48 bits per heavy atom. The third-order valence-corrected chi connectivity index (χ3v) is 10.3. The highest BCUT2D eigenvalue weighted by Crippen LogP contribution is 2.31. The molecule has 2 aliphatic rings. The van der Waals surface area contributed by atoms with Crippen LogP contribution in [0.3, 0.4) is 0 Å². The standard InChI is InChI=1S/C47H53N7O7/c1-46(2,3)60-36-25-38(53(28-36)41(55)23-34-11-7-9-21-48-34)43(57)51-32-17-13-30(14-18-32)40-27-50-45(59-40)31-15-19-33(20-16-31)52-44(58)39-26-37(61-47(4,5)6)29-54(39)42(56)24-35-12-8-10-22-49-35/h7-22,27,36-39H,23-26,28-29H2,1-6H3,(H,51,57)(H,52,58). The van der Waals surface area contributed by atoms with Gasteiger partial charge in [-0.05, 0) is 114 Å². The number of hydrogen-bond donors (Lipinski definition) is 2. The lowest BCUT2D eigenvalue weighted by Gasteiger charge is -2.25. The number of nitrogens with zero attached hydrogens (tertiary/aromatic N) is 5. The average molecular weight is 828 g/mol. The number of likely N-dealkylation sites (tertiary alicyclic amines) is 2. The monoisotopic (exact) mass is 827 g/mol. The minimum absolute atomic E-state index is 0.0890. The summed E-state index contributed by atoms with van der Waals surface area (Å²) in [5.41, 5.74) is 2.99. The first-order chi connectivity index (χ1) is 29.1. The Balaban J connectivity index is 0.969. The van der Waals surface area contributed by atoms with Crippen molar-refractivity contribution in [2.24, 2.45) is 0 Å². The Morgan fingerprint density at radius 1 is 0.623 bits per heavy atom. The molecule has 2 fully saturated rings. The van der Waals surface area contributed by atoms with Crippen molar-refractivity contribution in [3.05, 3.63) is 115 Å². The molecule has 2 N–H and O–H groups in total. The van der Waals surface area contributed by atoms with E-state index in [0.29, 0.717) is 65.9 Å². The van der Waals surface area contributed by atoms with Crippen molar-refractivity contribution in [3.8, 4) is 22.8 Å². The van der Waals surface area contributed by atoms with Gasteiger partial charge >= 0.3 is 0 Å². The fourth-order valence-electron chi connectivity index (χ4n) is 7.74. The van der Waals surface area contributed by atoms with Crippen LogP contribution in [-0.2, 0) is 41.5 Å². The Labute approximate surface area is 356 Å². The number of ether oxygens (including phenoxy) is 2. The highest BCUT2D eigenvalue weighted by atomic mass is 16.5. The first-order valence-electron chi connectivity index (χ1n) is 20.6. The van der Waals surface area contributed by atoms with E-state index in [-0.39, 0.29) is 48.7 Å². The van der Waals surface area contributed by atoms with Crippen molar-refractivity contribution >= 4 is 35.0 Å². The maximum atomic E-state index is 13.7. The van der Waals surface area contributed by atoms with Gasteiger partial charge in [0.2, 0.25) is 29.5 Å². The second-order valence-corrected chi connectivity index (χ2v) is 17.5. The van der Waals surface area contributed by atoms with Gasteiger partial charge in [0.15, 0.2) is 5.76 Å². The SMILES string of the molecule is CC(C)(C)OC1CC(C(=O)Nc2ccc(-c3cnc(-c4ccc(NC(=O)C5CC(OC(C)(C)C)CN5C(=O)Cc5ccccn5)cc4)o3)cc2)N(C(=O)Cc2ccccn2)C1. The van der Waals surface area contributed by atoms with Crippen molar-refractivity contribution in [2.75, 3.05) is 23.7 Å². The molecule has 61 heavy (non-hydrogen) atoms. The average Bonchev–Trinajstić information content (AvgIpc) is 3.98. The number of carbonyl (C=O) groups is 4. The van der Waals surface area contributed by atoms with Crippen LogP contribution in [0.5, 0.6) is 0 Å². The highest BCUT2D eigenvalue weighted by Gasteiger charge is 2.43. The molecule has 0 aliphatic carbocycles. The van der Waals surface area contributed by atoms with E-state index in [1.807, 2.05) is 65.8 Å². The third-order valence-electron chi connectivity index (χ3n) is 10.3. The molecular formula is C47H53N7O7. The van der Waals surface area contributed by atoms with Gasteiger partial charge in [0.1, 0.15) is 12.1 Å². The minimum atomic E-state index is -0.707. The molecule has 2 saturated heterocycles. The molecular weight excluding hydrogens is 775 g/mol. The molecule has 0 bridgehead atoms. The lowest BCUT2D eigenvalue weighted by Crippen LogP contribution is -2.44. The molecule has 4 unspecified atom stereocenters. The van der Waals surface area contributed by atoms with Crippen LogP contribution in [0.4, 0.5) is 11.4 Å². The number of oxazole rings is 1. The van der Waals surface area contributed by atoms with Gasteiger partial charge in [0, 0.05) is 72.2 Å². The molecule has 4 atom stereocenters. The summed E-state index contributed by atoms with van der Waals surface area (Å²) in [7, 11) is 0. The summed E-state index contributed by atoms with van der Waals surface area (Å²) in [5.74, 6) is -0.0476. The number of carbonyl (C=O) groups excluding carboxylic acids is 4. The van der Waals surface area contributed by atoms with Crippen LogP contribution < -0.4 is 10.6 Å². The predicted molar refractivity (Wildman–Crippen MR) is 230 cm³/mol. The van der Waals surface area contributed by atoms with E-state index >= 15 is 0 Å². The van der Waals surface area contributed by atoms with Gasteiger partial charge in [0.05, 0.1) is 42.4 Å². The summed E-state index contributed by atoms with van der Waals surface area (Å²) >= 11 is 0. The highest BCUT2D eigenvalue weighted by molar-refractivity contribution is 5.99. The number of hydrogen-bond acceptors (Lipinski definition) is 10. The van der Waals surface area contributed by atoms with Crippen molar-refractivity contribution in [3.63, 3.8) is 0 Å². The topological polar surface area (TPSA) is 169 Å². The van der Waals surface area contributed by atoms with Crippen LogP contribution in [0.1, 0.15) is 65.8 Å². The molecule has 0 saturated carbocycles. The van der Waals surface area contributed by atoms with Crippen LogP contribution in [-0.4, -0.2) is 97.0 Å². The van der Waals surface area contributed by atoms with Gasteiger partial charge in [-0.2, -0.15) is 0 Å². The normalized spacial score (nSPS) is 19.2. The maximum absolute atomic E-state index is 13.7. The third kappa shape index (κ3) is 11.3. The van der Waals surface area contributed by atoms with Gasteiger partial charge in [-0.25, -0.2) is 4.98 Å². The first-order valence-corrected chi connectivity index (χ1v) is 20.6. The zero-order valence-corrected chi connectivity index (χ0v) is 35.5. The van der Waals surface area contributed by atoms with E-state index in [1.165, 1.54) is 0 Å². The van der Waals surface area contributed by atoms with E-state index in [2.05, 4.69) is 25.6 Å². The molecule has 0 radical (unpaired) electrons. The van der Waals surface area contributed by atoms with Gasteiger partial charge in [-0.15, -0.1) is 0 Å². The summed E-state index contributed by atoms with van der Waals surface area (Å²) in [6, 6.07) is 23.8. The van der Waals surface area contributed by atoms with Crippen LogP contribution in [0.25, 0.3) is 22.8 Å². The maximum Gasteiger partial charge on any atom is 0.247 e. The minimum Gasteiger partial charge on any atom is -0.436 e. The number of benzene rings is 2. The summed E-state index contributed by atoms with van der Waals surface area (Å²) in [5, 5.41) is 5.96. The van der Waals surface area contributed by atoms with E-state index in [1.54, 1.807) is 89.1 Å². The molecule has 5 aromatic rings. The number of aromatic nitrogens is 3. The molecule has 0 spiro atoms. The van der Waals surface area contributed by atoms with Crippen molar-refractivity contribution < 1.29 is 33.1 Å². The molecule has 14 heteroatoms. The van der Waals surface area contributed by atoms with E-state index in [4.69, 9.17) is 13.9 Å². The fraction of sp³-hybridized carbons (Fsp3) is 0.383. The summed E-state index contributed by atoms with van der Waals surface area (Å²) < 4.78 is 18.5. The Hall–Kier alpha value is -6.25. The molecule has 2 aliphatic heterocycles. The first kappa shape index (κ1) is 42.9.